The van der Waals surface area contributed by atoms with Gasteiger partial charge in [0.25, 0.3) is 5.91 Å². The van der Waals surface area contributed by atoms with Gasteiger partial charge in [0.2, 0.25) is 0 Å². The molecule has 150 valence electrons. The molecule has 0 aliphatic heterocycles. The van der Waals surface area contributed by atoms with Crippen molar-refractivity contribution in [3.8, 4) is 17.2 Å². The van der Waals surface area contributed by atoms with Gasteiger partial charge in [0, 0.05) is 11.3 Å². The van der Waals surface area contributed by atoms with Crippen molar-refractivity contribution in [1.29, 1.82) is 5.26 Å². The molecule has 1 amide bonds. The van der Waals surface area contributed by atoms with Crippen LogP contribution in [0.5, 0.6) is 0 Å². The van der Waals surface area contributed by atoms with Gasteiger partial charge in [-0.2, -0.15) is 5.26 Å². The van der Waals surface area contributed by atoms with Crippen LogP contribution in [-0.4, -0.2) is 18.0 Å². The lowest BCUT2D eigenvalue weighted by Crippen LogP contribution is -2.30. The zero-order valence-electron chi connectivity index (χ0n) is 16.9. The van der Waals surface area contributed by atoms with E-state index in [2.05, 4.69) is 18.3 Å². The molecule has 0 saturated heterocycles. The Hall–Kier alpha value is -3.91. The number of nitrogens with zero attached hydrogens (tertiary/aromatic N) is 1. The molecule has 0 spiro atoms. The van der Waals surface area contributed by atoms with Crippen molar-refractivity contribution in [3.05, 3.63) is 89.5 Å². The molecule has 0 heterocycles. The topological polar surface area (TPSA) is 79.2 Å². The molecule has 3 rings (SSSR count). The first-order valence-corrected chi connectivity index (χ1v) is 9.72. The lowest BCUT2D eigenvalue weighted by atomic mass is 9.96. The van der Waals surface area contributed by atoms with Crippen LogP contribution in [-0.2, 0) is 16.0 Å². The van der Waals surface area contributed by atoms with Crippen LogP contribution in [0.1, 0.15) is 35.3 Å². The summed E-state index contributed by atoms with van der Waals surface area (Å²) < 4.78 is 5.42. The Morgan fingerprint density at radius 2 is 1.60 bits per heavy atom. The lowest BCUT2D eigenvalue weighted by molar-refractivity contribution is -0.123. The van der Waals surface area contributed by atoms with Crippen LogP contribution in [0, 0.1) is 11.3 Å². The van der Waals surface area contributed by atoms with Gasteiger partial charge in [-0.25, -0.2) is 4.79 Å². The molecule has 3 aromatic carbocycles. The Labute approximate surface area is 175 Å². The Balaban J connectivity index is 1.76. The van der Waals surface area contributed by atoms with Crippen molar-refractivity contribution < 1.29 is 14.3 Å². The SMILES string of the molecule is CCc1ccc(NC(=O)[C@@H](C)OC(=O)c2ccccc2-c2ccccc2C#N)cc1. The normalized spacial score (nSPS) is 11.2. The minimum Gasteiger partial charge on any atom is -0.449 e. The Kier molecular flexibility index (Phi) is 6.61. The average Bonchev–Trinajstić information content (AvgIpc) is 2.79. The smallest absolute Gasteiger partial charge is 0.339 e. The number of hydrogen-bond donors (Lipinski definition) is 1. The fraction of sp³-hybridized carbons (Fsp3) is 0.160. The number of hydrogen-bond acceptors (Lipinski definition) is 4. The van der Waals surface area contributed by atoms with Crippen LogP contribution in [0.15, 0.2) is 72.8 Å². The van der Waals surface area contributed by atoms with E-state index in [1.54, 1.807) is 48.5 Å². The number of esters is 1. The molecule has 0 aromatic heterocycles. The van der Waals surface area contributed by atoms with Crippen molar-refractivity contribution in [2.75, 3.05) is 5.32 Å². The maximum absolute atomic E-state index is 12.8. The predicted octanol–water partition coefficient (Wildman–Crippen LogP) is 4.97. The van der Waals surface area contributed by atoms with E-state index in [-0.39, 0.29) is 0 Å². The van der Waals surface area contributed by atoms with E-state index in [4.69, 9.17) is 4.74 Å². The predicted molar refractivity (Wildman–Crippen MR) is 116 cm³/mol. The minimum absolute atomic E-state index is 0.298. The van der Waals surface area contributed by atoms with Crippen molar-refractivity contribution in [2.45, 2.75) is 26.4 Å². The molecule has 3 aromatic rings. The Morgan fingerprint density at radius 3 is 2.27 bits per heavy atom. The summed E-state index contributed by atoms with van der Waals surface area (Å²) >= 11 is 0. The number of benzene rings is 3. The highest BCUT2D eigenvalue weighted by molar-refractivity contribution is 6.01. The van der Waals surface area contributed by atoms with Crippen LogP contribution >= 0.6 is 0 Å². The highest BCUT2D eigenvalue weighted by Gasteiger charge is 2.22. The molecule has 0 unspecified atom stereocenters. The molecule has 5 nitrogen and oxygen atoms in total. The quantitative estimate of drug-likeness (QED) is 0.595. The first-order valence-electron chi connectivity index (χ1n) is 9.72. The molecular formula is C25H22N2O3. The number of carbonyl (C=O) groups is 2. The third-order valence-corrected chi connectivity index (χ3v) is 4.77. The van der Waals surface area contributed by atoms with E-state index in [9.17, 15) is 14.9 Å². The summed E-state index contributed by atoms with van der Waals surface area (Å²) in [5, 5.41) is 12.1. The second kappa shape index (κ2) is 9.53. The highest BCUT2D eigenvalue weighted by atomic mass is 16.5. The molecule has 1 N–H and O–H groups in total. The number of ether oxygens (including phenoxy) is 1. The third kappa shape index (κ3) is 4.73. The Bertz CT molecular complexity index is 1100. The van der Waals surface area contributed by atoms with E-state index < -0.39 is 18.0 Å². The van der Waals surface area contributed by atoms with Crippen LogP contribution in [0.4, 0.5) is 5.69 Å². The summed E-state index contributed by atoms with van der Waals surface area (Å²) in [6, 6.07) is 23.6. The van der Waals surface area contributed by atoms with Gasteiger partial charge in [0.1, 0.15) is 0 Å². The number of carbonyl (C=O) groups excluding carboxylic acids is 2. The van der Waals surface area contributed by atoms with Crippen molar-refractivity contribution >= 4 is 17.6 Å². The van der Waals surface area contributed by atoms with Crippen molar-refractivity contribution in [1.82, 2.24) is 0 Å². The maximum Gasteiger partial charge on any atom is 0.339 e. The highest BCUT2D eigenvalue weighted by Crippen LogP contribution is 2.27. The number of amides is 1. The maximum atomic E-state index is 12.8. The van der Waals surface area contributed by atoms with E-state index in [1.807, 2.05) is 24.3 Å². The number of nitrogens with one attached hydrogen (secondary N) is 1. The van der Waals surface area contributed by atoms with Gasteiger partial charge in [-0.1, -0.05) is 55.5 Å². The number of rotatable bonds is 6. The largest absolute Gasteiger partial charge is 0.449 e. The Morgan fingerprint density at radius 1 is 0.967 bits per heavy atom. The molecular weight excluding hydrogens is 376 g/mol. The van der Waals surface area contributed by atoms with Crippen LogP contribution in [0.25, 0.3) is 11.1 Å². The summed E-state index contributed by atoms with van der Waals surface area (Å²) in [6.45, 7) is 3.58. The van der Waals surface area contributed by atoms with E-state index in [0.717, 1.165) is 6.42 Å². The molecule has 0 radical (unpaired) electrons. The zero-order valence-corrected chi connectivity index (χ0v) is 16.9. The lowest BCUT2D eigenvalue weighted by Gasteiger charge is -2.16. The average molecular weight is 398 g/mol. The van der Waals surface area contributed by atoms with Gasteiger partial charge in [-0.05, 0) is 48.7 Å². The molecule has 5 heteroatoms. The van der Waals surface area contributed by atoms with E-state index in [1.165, 1.54) is 12.5 Å². The molecule has 0 aliphatic rings. The second-order valence-electron chi connectivity index (χ2n) is 6.79. The van der Waals surface area contributed by atoms with Gasteiger partial charge in [0.15, 0.2) is 6.10 Å². The third-order valence-electron chi connectivity index (χ3n) is 4.77. The molecule has 1 atom stereocenters. The number of aryl methyl sites for hydroxylation is 1. The first kappa shape index (κ1) is 20.8. The second-order valence-corrected chi connectivity index (χ2v) is 6.79. The number of anilines is 1. The first-order chi connectivity index (χ1) is 14.5. The summed E-state index contributed by atoms with van der Waals surface area (Å²) in [6.07, 6.45) is -0.0704. The zero-order chi connectivity index (χ0) is 21.5. The van der Waals surface area contributed by atoms with E-state index >= 15 is 0 Å². The van der Waals surface area contributed by atoms with Crippen molar-refractivity contribution in [3.63, 3.8) is 0 Å². The molecule has 0 aliphatic carbocycles. The van der Waals surface area contributed by atoms with E-state index in [0.29, 0.717) is 27.9 Å². The van der Waals surface area contributed by atoms with Crippen LogP contribution in [0.2, 0.25) is 0 Å². The van der Waals surface area contributed by atoms with Crippen LogP contribution in [0.3, 0.4) is 0 Å². The standard InChI is InChI=1S/C25H22N2O3/c1-3-18-12-14-20(15-13-18)27-24(28)17(2)30-25(29)23-11-7-6-10-22(23)21-9-5-4-8-19(21)16-26/h4-15,17H,3H2,1-2H3,(H,27,28)/t17-/m1/s1. The van der Waals surface area contributed by atoms with Gasteiger partial charge in [0.05, 0.1) is 17.2 Å². The summed E-state index contributed by atoms with van der Waals surface area (Å²) in [7, 11) is 0. The fourth-order valence-electron chi connectivity index (χ4n) is 3.06. The molecule has 0 fully saturated rings. The van der Waals surface area contributed by atoms with Gasteiger partial charge in [-0.15, -0.1) is 0 Å². The van der Waals surface area contributed by atoms with Crippen LogP contribution < -0.4 is 5.32 Å². The summed E-state index contributed by atoms with van der Waals surface area (Å²) in [5.41, 5.74) is 3.79. The van der Waals surface area contributed by atoms with Gasteiger partial charge < -0.3 is 10.1 Å². The summed E-state index contributed by atoms with van der Waals surface area (Å²) in [5.74, 6) is -1.04. The summed E-state index contributed by atoms with van der Waals surface area (Å²) in [4.78, 5) is 25.3. The fourth-order valence-corrected chi connectivity index (χ4v) is 3.06. The van der Waals surface area contributed by atoms with Gasteiger partial charge >= 0.3 is 5.97 Å². The molecule has 30 heavy (non-hydrogen) atoms. The molecule has 0 bridgehead atoms. The van der Waals surface area contributed by atoms with Gasteiger partial charge in [-0.3, -0.25) is 4.79 Å². The molecule has 0 saturated carbocycles. The minimum atomic E-state index is -0.984. The van der Waals surface area contributed by atoms with Crippen molar-refractivity contribution in [2.24, 2.45) is 0 Å². The number of nitriles is 1. The monoisotopic (exact) mass is 398 g/mol.